The highest BCUT2D eigenvalue weighted by Gasteiger charge is 1.96. The van der Waals surface area contributed by atoms with E-state index < -0.39 is 5.97 Å². The van der Waals surface area contributed by atoms with Crippen molar-refractivity contribution in [1.29, 1.82) is 0 Å². The van der Waals surface area contributed by atoms with Gasteiger partial charge in [0, 0.05) is 6.08 Å². The largest absolute Gasteiger partial charge is 0.494 e. The molecule has 0 atom stereocenters. The maximum Gasteiger partial charge on any atom is 0.328 e. The Kier molecular flexibility index (Phi) is 6.72. The quantitative estimate of drug-likeness (QED) is 0.561. The van der Waals surface area contributed by atoms with Crippen LogP contribution in [0.1, 0.15) is 18.4 Å². The lowest BCUT2D eigenvalue weighted by Gasteiger charge is -2.08. The van der Waals surface area contributed by atoms with E-state index in [1.165, 1.54) is 0 Å². The Labute approximate surface area is 136 Å². The van der Waals surface area contributed by atoms with E-state index in [9.17, 15) is 4.79 Å². The van der Waals surface area contributed by atoms with Crippen LogP contribution in [0.3, 0.4) is 0 Å². The Balaban J connectivity index is 1.61. The van der Waals surface area contributed by atoms with Crippen molar-refractivity contribution in [1.82, 2.24) is 0 Å². The summed E-state index contributed by atoms with van der Waals surface area (Å²) in [5, 5.41) is 8.57. The number of hydrogen-bond acceptors (Lipinski definition) is 3. The van der Waals surface area contributed by atoms with Gasteiger partial charge in [0.1, 0.15) is 11.5 Å². The van der Waals surface area contributed by atoms with Gasteiger partial charge in [0.05, 0.1) is 13.2 Å². The minimum absolute atomic E-state index is 0.627. The maximum atomic E-state index is 10.4. The van der Waals surface area contributed by atoms with Gasteiger partial charge in [-0.3, -0.25) is 0 Å². The van der Waals surface area contributed by atoms with E-state index in [0.717, 1.165) is 36.0 Å². The van der Waals surface area contributed by atoms with Crippen LogP contribution in [0.5, 0.6) is 11.5 Å². The second-order valence-corrected chi connectivity index (χ2v) is 4.96. The third-order valence-corrected chi connectivity index (χ3v) is 3.12. The molecule has 4 heteroatoms. The Morgan fingerprint density at radius 2 is 1.43 bits per heavy atom. The fourth-order valence-corrected chi connectivity index (χ4v) is 1.94. The molecule has 4 nitrogen and oxygen atoms in total. The molecule has 2 aromatic rings. The fraction of sp³-hybridized carbons (Fsp3) is 0.211. The molecule has 1 N–H and O–H groups in total. The van der Waals surface area contributed by atoms with Gasteiger partial charge in [-0.2, -0.15) is 0 Å². The molecule has 0 aromatic heterocycles. The van der Waals surface area contributed by atoms with Gasteiger partial charge in [-0.15, -0.1) is 0 Å². The van der Waals surface area contributed by atoms with Crippen molar-refractivity contribution in [3.63, 3.8) is 0 Å². The number of benzene rings is 2. The van der Waals surface area contributed by atoms with Crippen molar-refractivity contribution in [2.75, 3.05) is 13.2 Å². The molecule has 0 saturated carbocycles. The van der Waals surface area contributed by atoms with Crippen LogP contribution in [0.4, 0.5) is 0 Å². The molecule has 0 aliphatic heterocycles. The van der Waals surface area contributed by atoms with Gasteiger partial charge in [-0.25, -0.2) is 4.79 Å². The lowest BCUT2D eigenvalue weighted by Crippen LogP contribution is -2.02. The van der Waals surface area contributed by atoms with E-state index in [0.29, 0.717) is 13.2 Å². The average Bonchev–Trinajstić information content (AvgIpc) is 2.58. The Morgan fingerprint density at radius 1 is 0.870 bits per heavy atom. The zero-order valence-corrected chi connectivity index (χ0v) is 12.9. The molecule has 2 aromatic carbocycles. The van der Waals surface area contributed by atoms with Gasteiger partial charge in [-0.05, 0) is 48.7 Å². The third kappa shape index (κ3) is 6.70. The van der Waals surface area contributed by atoms with Gasteiger partial charge in [0.15, 0.2) is 0 Å². The highest BCUT2D eigenvalue weighted by atomic mass is 16.5. The fourth-order valence-electron chi connectivity index (χ4n) is 1.94. The highest BCUT2D eigenvalue weighted by Crippen LogP contribution is 2.14. The molecule has 0 heterocycles. The number of carbonyl (C=O) groups is 1. The molecule has 0 amide bonds. The summed E-state index contributed by atoms with van der Waals surface area (Å²) in [6.45, 7) is 1.30. The minimum atomic E-state index is -0.956. The summed E-state index contributed by atoms with van der Waals surface area (Å²) in [5.74, 6) is 0.711. The van der Waals surface area contributed by atoms with Crippen molar-refractivity contribution in [2.45, 2.75) is 12.8 Å². The van der Waals surface area contributed by atoms with Crippen LogP contribution >= 0.6 is 0 Å². The van der Waals surface area contributed by atoms with Crippen molar-refractivity contribution in [2.24, 2.45) is 0 Å². The minimum Gasteiger partial charge on any atom is -0.494 e. The molecular formula is C19H20O4. The maximum absolute atomic E-state index is 10.4. The highest BCUT2D eigenvalue weighted by molar-refractivity contribution is 5.85. The molecule has 0 fully saturated rings. The number of hydrogen-bond donors (Lipinski definition) is 1. The number of unbranched alkanes of at least 4 members (excludes halogenated alkanes) is 1. The number of carboxylic acids is 1. The van der Waals surface area contributed by atoms with Crippen LogP contribution in [0, 0.1) is 0 Å². The number of rotatable bonds is 9. The van der Waals surface area contributed by atoms with Crippen LogP contribution in [-0.4, -0.2) is 24.3 Å². The number of aliphatic carboxylic acids is 1. The first-order chi connectivity index (χ1) is 11.2. The van der Waals surface area contributed by atoms with E-state index in [1.54, 1.807) is 6.08 Å². The van der Waals surface area contributed by atoms with Gasteiger partial charge >= 0.3 is 5.97 Å². The Hall–Kier alpha value is -2.75. The molecule has 0 saturated heterocycles. The number of ether oxygens (including phenoxy) is 2. The second kappa shape index (κ2) is 9.30. The average molecular weight is 312 g/mol. The summed E-state index contributed by atoms with van der Waals surface area (Å²) in [4.78, 5) is 10.4. The molecule has 0 aliphatic carbocycles. The first kappa shape index (κ1) is 16.6. The lowest BCUT2D eigenvalue weighted by molar-refractivity contribution is -0.131. The molecular weight excluding hydrogens is 292 g/mol. The summed E-state index contributed by atoms with van der Waals surface area (Å²) in [6.07, 6.45) is 4.50. The molecule has 2 rings (SSSR count). The molecule has 0 radical (unpaired) electrons. The summed E-state index contributed by atoms with van der Waals surface area (Å²) in [5.41, 5.74) is 0.830. The SMILES string of the molecule is O=C(O)/C=C/c1ccc(OCCCCOc2ccccc2)cc1. The van der Waals surface area contributed by atoms with E-state index in [1.807, 2.05) is 54.6 Å². The van der Waals surface area contributed by atoms with Crippen molar-refractivity contribution >= 4 is 12.0 Å². The summed E-state index contributed by atoms with van der Waals surface area (Å²) in [7, 11) is 0. The van der Waals surface area contributed by atoms with Crippen LogP contribution in [0.15, 0.2) is 60.7 Å². The molecule has 0 unspecified atom stereocenters. The first-order valence-electron chi connectivity index (χ1n) is 7.56. The number of para-hydroxylation sites is 1. The van der Waals surface area contributed by atoms with E-state index in [4.69, 9.17) is 14.6 Å². The number of carboxylic acid groups (broad SMARTS) is 1. The van der Waals surface area contributed by atoms with E-state index in [2.05, 4.69) is 0 Å². The standard InChI is InChI=1S/C19H20O4/c20-19(21)13-10-16-8-11-18(12-9-16)23-15-5-4-14-22-17-6-2-1-3-7-17/h1-3,6-13H,4-5,14-15H2,(H,20,21)/b13-10+. The first-order valence-corrected chi connectivity index (χ1v) is 7.56. The Bertz CT molecular complexity index is 618. The van der Waals surface area contributed by atoms with Gasteiger partial charge in [0.25, 0.3) is 0 Å². The summed E-state index contributed by atoms with van der Waals surface area (Å²) < 4.78 is 11.3. The molecule has 23 heavy (non-hydrogen) atoms. The van der Waals surface area contributed by atoms with E-state index >= 15 is 0 Å². The Morgan fingerprint density at radius 3 is 2.00 bits per heavy atom. The van der Waals surface area contributed by atoms with Gasteiger partial charge in [0.2, 0.25) is 0 Å². The van der Waals surface area contributed by atoms with Crippen LogP contribution < -0.4 is 9.47 Å². The smallest absolute Gasteiger partial charge is 0.328 e. The summed E-state index contributed by atoms with van der Waals surface area (Å²) in [6, 6.07) is 17.1. The van der Waals surface area contributed by atoms with Crippen molar-refractivity contribution < 1.29 is 19.4 Å². The van der Waals surface area contributed by atoms with Crippen LogP contribution in [-0.2, 0) is 4.79 Å². The van der Waals surface area contributed by atoms with Gasteiger partial charge < -0.3 is 14.6 Å². The topological polar surface area (TPSA) is 55.8 Å². The van der Waals surface area contributed by atoms with Crippen molar-refractivity contribution in [3.05, 3.63) is 66.2 Å². The predicted octanol–water partition coefficient (Wildman–Crippen LogP) is 4.02. The zero-order chi connectivity index (χ0) is 16.3. The molecule has 0 aliphatic rings. The second-order valence-electron chi connectivity index (χ2n) is 4.96. The normalized spacial score (nSPS) is 10.6. The molecule has 0 spiro atoms. The zero-order valence-electron chi connectivity index (χ0n) is 12.9. The van der Waals surface area contributed by atoms with Crippen LogP contribution in [0.2, 0.25) is 0 Å². The van der Waals surface area contributed by atoms with Gasteiger partial charge in [-0.1, -0.05) is 30.3 Å². The molecule has 120 valence electrons. The lowest BCUT2D eigenvalue weighted by atomic mass is 10.2. The van der Waals surface area contributed by atoms with Crippen molar-refractivity contribution in [3.8, 4) is 11.5 Å². The van der Waals surface area contributed by atoms with E-state index in [-0.39, 0.29) is 0 Å². The third-order valence-electron chi connectivity index (χ3n) is 3.12. The summed E-state index contributed by atoms with van der Waals surface area (Å²) >= 11 is 0. The monoisotopic (exact) mass is 312 g/mol. The van der Waals surface area contributed by atoms with Crippen LogP contribution in [0.25, 0.3) is 6.08 Å². The predicted molar refractivity (Wildman–Crippen MR) is 89.8 cm³/mol. The molecule has 0 bridgehead atoms.